The Morgan fingerprint density at radius 1 is 0.808 bits per heavy atom. The third-order valence-electron chi connectivity index (χ3n) is 4.63. The first kappa shape index (κ1) is 15.3. The van der Waals surface area contributed by atoms with E-state index >= 15 is 0 Å². The zero-order valence-corrected chi connectivity index (χ0v) is 15.4. The lowest BCUT2D eigenvalue weighted by molar-refractivity contribution is 1.00. The molecule has 2 aromatic heterocycles. The van der Waals surface area contributed by atoms with E-state index in [1.165, 1.54) is 10.3 Å². The molecule has 126 valence electrons. The average molecular weight is 355 g/mol. The number of hydrogen-bond acceptors (Lipinski definition) is 3. The summed E-state index contributed by atoms with van der Waals surface area (Å²) in [4.78, 5) is 9.61. The fourth-order valence-electron chi connectivity index (χ4n) is 3.40. The summed E-state index contributed by atoms with van der Waals surface area (Å²) in [7, 11) is 0. The van der Waals surface area contributed by atoms with Gasteiger partial charge in [-0.05, 0) is 61.9 Å². The number of nitrogens with zero attached hydrogens (tertiary/aromatic N) is 3. The molecule has 0 aliphatic rings. The quantitative estimate of drug-likeness (QED) is 0.393. The van der Waals surface area contributed by atoms with E-state index in [-0.39, 0.29) is 0 Å². The molecule has 3 nitrogen and oxygen atoms in total. The van der Waals surface area contributed by atoms with Crippen LogP contribution in [0.15, 0.2) is 66.7 Å². The molecule has 5 rings (SSSR count). The minimum atomic E-state index is 0.989. The van der Waals surface area contributed by atoms with Crippen molar-refractivity contribution in [1.29, 1.82) is 0 Å². The highest BCUT2D eigenvalue weighted by atomic mass is 32.1. The number of imidazole rings is 1. The van der Waals surface area contributed by atoms with Gasteiger partial charge in [-0.3, -0.25) is 4.57 Å². The summed E-state index contributed by atoms with van der Waals surface area (Å²) >= 11 is 1.73. The van der Waals surface area contributed by atoms with E-state index in [1.54, 1.807) is 11.3 Å². The number of para-hydroxylation sites is 1. The van der Waals surface area contributed by atoms with Gasteiger partial charge in [-0.25, -0.2) is 9.97 Å². The van der Waals surface area contributed by atoms with Crippen molar-refractivity contribution < 1.29 is 0 Å². The van der Waals surface area contributed by atoms with Crippen LogP contribution in [0.2, 0.25) is 0 Å². The summed E-state index contributed by atoms with van der Waals surface area (Å²) in [5.74, 6) is 0.989. The number of aryl methyl sites for hydroxylation is 2. The van der Waals surface area contributed by atoms with E-state index in [9.17, 15) is 0 Å². The molecule has 0 unspecified atom stereocenters. The van der Waals surface area contributed by atoms with E-state index < -0.39 is 0 Å². The van der Waals surface area contributed by atoms with Crippen molar-refractivity contribution in [2.45, 2.75) is 13.8 Å². The Balaban J connectivity index is 1.66. The van der Waals surface area contributed by atoms with Gasteiger partial charge in [0.05, 0.1) is 21.3 Å². The summed E-state index contributed by atoms with van der Waals surface area (Å²) < 4.78 is 3.41. The Morgan fingerprint density at radius 3 is 2.50 bits per heavy atom. The van der Waals surface area contributed by atoms with E-state index in [0.717, 1.165) is 38.6 Å². The van der Waals surface area contributed by atoms with E-state index in [4.69, 9.17) is 9.97 Å². The molecule has 4 heteroatoms. The van der Waals surface area contributed by atoms with Crippen LogP contribution < -0.4 is 0 Å². The number of benzene rings is 3. The van der Waals surface area contributed by atoms with Crippen molar-refractivity contribution in [2.24, 2.45) is 0 Å². The second kappa shape index (κ2) is 5.78. The SMILES string of the molecule is Cc1ccc2sc(-c3ccc4c(c3)nc(C)n4-c3ccccc3)nc2c1. The number of thiazole rings is 1. The van der Waals surface area contributed by atoms with Crippen LogP contribution in [-0.4, -0.2) is 14.5 Å². The Kier molecular flexibility index (Phi) is 3.40. The molecule has 0 aliphatic carbocycles. The maximum atomic E-state index is 4.82. The molecule has 2 heterocycles. The number of rotatable bonds is 2. The molecule has 0 saturated carbocycles. The van der Waals surface area contributed by atoms with Gasteiger partial charge in [-0.2, -0.15) is 0 Å². The number of fused-ring (bicyclic) bond motifs is 2. The fourth-order valence-corrected chi connectivity index (χ4v) is 4.34. The molecule has 0 amide bonds. The molecule has 0 saturated heterocycles. The Hall–Kier alpha value is -2.98. The molecule has 26 heavy (non-hydrogen) atoms. The van der Waals surface area contributed by atoms with E-state index in [1.807, 2.05) is 13.0 Å². The maximum absolute atomic E-state index is 4.82. The largest absolute Gasteiger partial charge is 0.297 e. The standard InChI is InChI=1S/C22H17N3S/c1-14-8-11-21-19(12-14)24-22(26-21)16-9-10-20-18(13-16)23-15(2)25(20)17-6-4-3-5-7-17/h3-13H,1-2H3. The van der Waals surface area contributed by atoms with Crippen molar-refractivity contribution >= 4 is 32.6 Å². The minimum Gasteiger partial charge on any atom is -0.297 e. The average Bonchev–Trinajstić information content (AvgIpc) is 3.21. The molecular weight excluding hydrogens is 338 g/mol. The van der Waals surface area contributed by atoms with Crippen molar-refractivity contribution in [1.82, 2.24) is 14.5 Å². The molecule has 0 fully saturated rings. The van der Waals surface area contributed by atoms with Gasteiger partial charge in [0.1, 0.15) is 10.8 Å². The summed E-state index contributed by atoms with van der Waals surface area (Å²) in [5, 5.41) is 1.04. The van der Waals surface area contributed by atoms with Gasteiger partial charge in [0.25, 0.3) is 0 Å². The molecule has 0 atom stereocenters. The summed E-state index contributed by atoms with van der Waals surface area (Å²) in [5.41, 5.74) is 6.68. The first-order valence-corrected chi connectivity index (χ1v) is 9.43. The third kappa shape index (κ3) is 2.42. The highest BCUT2D eigenvalue weighted by Gasteiger charge is 2.12. The van der Waals surface area contributed by atoms with Crippen LogP contribution in [0.3, 0.4) is 0 Å². The molecule has 0 aliphatic heterocycles. The minimum absolute atomic E-state index is 0.989. The van der Waals surface area contributed by atoms with Crippen molar-refractivity contribution in [2.75, 3.05) is 0 Å². The molecule has 0 radical (unpaired) electrons. The van der Waals surface area contributed by atoms with Gasteiger partial charge in [-0.15, -0.1) is 11.3 Å². The molecule has 5 aromatic rings. The number of aromatic nitrogens is 3. The van der Waals surface area contributed by atoms with Crippen LogP contribution in [0.25, 0.3) is 37.5 Å². The van der Waals surface area contributed by atoms with Crippen LogP contribution in [0.1, 0.15) is 11.4 Å². The first-order chi connectivity index (χ1) is 12.7. The number of hydrogen-bond donors (Lipinski definition) is 0. The molecule has 0 bridgehead atoms. The van der Waals surface area contributed by atoms with Gasteiger partial charge < -0.3 is 0 Å². The van der Waals surface area contributed by atoms with Crippen molar-refractivity contribution in [3.63, 3.8) is 0 Å². The molecular formula is C22H17N3S. The lowest BCUT2D eigenvalue weighted by atomic mass is 10.2. The van der Waals surface area contributed by atoms with Gasteiger partial charge in [0.15, 0.2) is 0 Å². The lowest BCUT2D eigenvalue weighted by Gasteiger charge is -2.06. The zero-order valence-electron chi connectivity index (χ0n) is 14.6. The third-order valence-corrected chi connectivity index (χ3v) is 5.71. The van der Waals surface area contributed by atoms with Gasteiger partial charge in [0.2, 0.25) is 0 Å². The van der Waals surface area contributed by atoms with Crippen LogP contribution in [-0.2, 0) is 0 Å². The van der Waals surface area contributed by atoms with E-state index in [2.05, 4.69) is 72.2 Å². The summed E-state index contributed by atoms with van der Waals surface area (Å²) in [6, 6.07) is 23.2. The van der Waals surface area contributed by atoms with Gasteiger partial charge in [0, 0.05) is 11.3 Å². The molecule has 3 aromatic carbocycles. The maximum Gasteiger partial charge on any atom is 0.124 e. The van der Waals surface area contributed by atoms with Crippen molar-refractivity contribution in [3.8, 4) is 16.3 Å². The van der Waals surface area contributed by atoms with Crippen LogP contribution in [0.4, 0.5) is 0 Å². The smallest absolute Gasteiger partial charge is 0.124 e. The van der Waals surface area contributed by atoms with E-state index in [0.29, 0.717) is 0 Å². The summed E-state index contributed by atoms with van der Waals surface area (Å²) in [6.45, 7) is 4.15. The lowest BCUT2D eigenvalue weighted by Crippen LogP contribution is -1.95. The molecule has 0 spiro atoms. The summed E-state index contributed by atoms with van der Waals surface area (Å²) in [6.07, 6.45) is 0. The normalized spacial score (nSPS) is 11.5. The highest BCUT2D eigenvalue weighted by Crippen LogP contribution is 2.33. The predicted molar refractivity (Wildman–Crippen MR) is 109 cm³/mol. The Labute approximate surface area is 155 Å². The van der Waals surface area contributed by atoms with Crippen LogP contribution >= 0.6 is 11.3 Å². The van der Waals surface area contributed by atoms with Gasteiger partial charge >= 0.3 is 0 Å². The van der Waals surface area contributed by atoms with Gasteiger partial charge in [-0.1, -0.05) is 24.3 Å². The topological polar surface area (TPSA) is 30.7 Å². The monoisotopic (exact) mass is 355 g/mol. The second-order valence-corrected chi connectivity index (χ2v) is 7.55. The highest BCUT2D eigenvalue weighted by molar-refractivity contribution is 7.21. The van der Waals surface area contributed by atoms with Crippen LogP contribution in [0.5, 0.6) is 0 Å². The predicted octanol–water partition coefficient (Wildman–Crippen LogP) is 5.92. The Morgan fingerprint density at radius 2 is 1.65 bits per heavy atom. The van der Waals surface area contributed by atoms with Crippen molar-refractivity contribution in [3.05, 3.63) is 78.1 Å². The zero-order chi connectivity index (χ0) is 17.7. The fraction of sp³-hybridized carbons (Fsp3) is 0.0909. The van der Waals surface area contributed by atoms with Crippen LogP contribution in [0, 0.1) is 13.8 Å². The second-order valence-electron chi connectivity index (χ2n) is 6.52. The first-order valence-electron chi connectivity index (χ1n) is 8.61. The Bertz CT molecular complexity index is 1250. The molecule has 0 N–H and O–H groups in total.